The largest absolute Gasteiger partial charge is 0.465 e. The Morgan fingerprint density at radius 3 is 2.56 bits per heavy atom. The highest BCUT2D eigenvalue weighted by atomic mass is 16.5. The molecule has 4 aromatic rings. The molecule has 4 rings (SSSR count). The maximum absolute atomic E-state index is 12.6. The number of carbonyl (C=O) groups excluding carboxylic acids is 1. The van der Waals surface area contributed by atoms with Gasteiger partial charge in [-0.15, -0.1) is 0 Å². The monoisotopic (exact) mass is 425 g/mol. The van der Waals surface area contributed by atoms with E-state index in [1.807, 2.05) is 66.1 Å². The van der Waals surface area contributed by atoms with Crippen LogP contribution < -0.4 is 4.74 Å². The molecule has 0 radical (unpaired) electrons. The summed E-state index contributed by atoms with van der Waals surface area (Å²) in [7, 11) is 0. The molecular formula is C26H23N3O3. The Bertz CT molecular complexity index is 1300. The normalized spacial score (nSPS) is 10.7. The number of hydrogen-bond donors (Lipinski definition) is 0. The maximum atomic E-state index is 12.6. The molecule has 160 valence electrons. The van der Waals surface area contributed by atoms with Gasteiger partial charge in [-0.2, -0.15) is 10.2 Å². The quantitative estimate of drug-likeness (QED) is 0.381. The van der Waals surface area contributed by atoms with E-state index >= 15 is 0 Å². The zero-order valence-corrected chi connectivity index (χ0v) is 18.0. The van der Waals surface area contributed by atoms with E-state index in [1.54, 1.807) is 19.1 Å². The fraction of sp³-hybridized carbons (Fsp3) is 0.192. The number of aromatic nitrogens is 2. The van der Waals surface area contributed by atoms with Crippen LogP contribution in [0, 0.1) is 11.3 Å². The zero-order chi connectivity index (χ0) is 22.5. The van der Waals surface area contributed by atoms with Crippen molar-refractivity contribution in [3.63, 3.8) is 0 Å². The molecule has 0 amide bonds. The average Bonchev–Trinajstić information content (AvgIpc) is 3.17. The van der Waals surface area contributed by atoms with Crippen molar-refractivity contribution in [2.45, 2.75) is 20.4 Å². The molecular weight excluding hydrogens is 402 g/mol. The molecule has 0 aliphatic carbocycles. The van der Waals surface area contributed by atoms with Crippen molar-refractivity contribution in [2.24, 2.45) is 0 Å². The molecule has 0 saturated carbocycles. The number of carbonyl (C=O) groups is 1. The van der Waals surface area contributed by atoms with Crippen LogP contribution in [0.15, 0.2) is 66.7 Å². The predicted molar refractivity (Wildman–Crippen MR) is 123 cm³/mol. The van der Waals surface area contributed by atoms with Gasteiger partial charge in [0.2, 0.25) is 0 Å². The van der Waals surface area contributed by atoms with Gasteiger partial charge in [-0.3, -0.25) is 4.57 Å². The van der Waals surface area contributed by atoms with E-state index in [9.17, 15) is 10.1 Å². The summed E-state index contributed by atoms with van der Waals surface area (Å²) in [4.78, 5) is 17.2. The first-order valence-corrected chi connectivity index (χ1v) is 10.5. The average molecular weight is 425 g/mol. The SMILES string of the molecule is CCOC(=O)c1cccc2nc(OCC)n(Cc3ccc(-c4ccccc4)c(C#N)c3)c12. The Balaban J connectivity index is 1.81. The zero-order valence-electron chi connectivity index (χ0n) is 18.0. The minimum Gasteiger partial charge on any atom is -0.465 e. The van der Waals surface area contributed by atoms with Gasteiger partial charge in [0.05, 0.1) is 48.0 Å². The maximum Gasteiger partial charge on any atom is 0.340 e. The van der Waals surface area contributed by atoms with Gasteiger partial charge < -0.3 is 9.47 Å². The van der Waals surface area contributed by atoms with Crippen LogP contribution >= 0.6 is 0 Å². The number of imidazole rings is 1. The fourth-order valence-electron chi connectivity index (χ4n) is 3.76. The van der Waals surface area contributed by atoms with Crippen LogP contribution in [0.2, 0.25) is 0 Å². The lowest BCUT2D eigenvalue weighted by Crippen LogP contribution is -2.10. The summed E-state index contributed by atoms with van der Waals surface area (Å²) in [5, 5.41) is 9.76. The van der Waals surface area contributed by atoms with Crippen LogP contribution in [-0.4, -0.2) is 28.7 Å². The highest BCUT2D eigenvalue weighted by Gasteiger charge is 2.20. The summed E-state index contributed by atoms with van der Waals surface area (Å²) < 4.78 is 12.9. The highest BCUT2D eigenvalue weighted by molar-refractivity contribution is 6.02. The van der Waals surface area contributed by atoms with E-state index in [0.717, 1.165) is 16.7 Å². The summed E-state index contributed by atoms with van der Waals surface area (Å²) >= 11 is 0. The lowest BCUT2D eigenvalue weighted by Gasteiger charge is -2.13. The van der Waals surface area contributed by atoms with Gasteiger partial charge in [0.1, 0.15) is 0 Å². The molecule has 0 aliphatic rings. The second-order valence-corrected chi connectivity index (χ2v) is 7.17. The first kappa shape index (κ1) is 21.1. The first-order chi connectivity index (χ1) is 15.7. The molecule has 1 aromatic heterocycles. The first-order valence-electron chi connectivity index (χ1n) is 10.5. The lowest BCUT2D eigenvalue weighted by molar-refractivity contribution is 0.0528. The summed E-state index contributed by atoms with van der Waals surface area (Å²) in [6.45, 7) is 4.78. The minimum absolute atomic E-state index is 0.286. The summed E-state index contributed by atoms with van der Waals surface area (Å²) in [6.07, 6.45) is 0. The lowest BCUT2D eigenvalue weighted by atomic mass is 9.98. The second kappa shape index (κ2) is 9.36. The second-order valence-electron chi connectivity index (χ2n) is 7.17. The molecule has 0 aliphatic heterocycles. The third kappa shape index (κ3) is 4.06. The molecule has 3 aromatic carbocycles. The molecule has 0 N–H and O–H groups in total. The minimum atomic E-state index is -0.403. The standard InChI is InChI=1S/C26H23N3O3/c1-3-31-25(30)22-11-8-12-23-24(22)29(26(28-23)32-4-2)17-18-13-14-21(20(15-18)16-27)19-9-6-5-7-10-19/h5-15H,3-4,17H2,1-2H3. The molecule has 0 unspecified atom stereocenters. The van der Waals surface area contributed by atoms with Crippen molar-refractivity contribution in [3.8, 4) is 23.2 Å². The van der Waals surface area contributed by atoms with Crippen LogP contribution in [-0.2, 0) is 11.3 Å². The van der Waals surface area contributed by atoms with Gasteiger partial charge in [0, 0.05) is 0 Å². The van der Waals surface area contributed by atoms with Gasteiger partial charge in [-0.1, -0.05) is 48.5 Å². The number of hydrogen-bond acceptors (Lipinski definition) is 5. The molecule has 0 spiro atoms. The van der Waals surface area contributed by atoms with Crippen LogP contribution in [0.25, 0.3) is 22.2 Å². The Kier molecular flexibility index (Phi) is 6.18. The van der Waals surface area contributed by atoms with Crippen molar-refractivity contribution in [1.82, 2.24) is 9.55 Å². The molecule has 0 fully saturated rings. The molecule has 0 saturated heterocycles. The molecule has 0 bridgehead atoms. The Labute approximate surface area is 186 Å². The summed E-state index contributed by atoms with van der Waals surface area (Å²) in [5.41, 5.74) is 5.10. The van der Waals surface area contributed by atoms with Gasteiger partial charge in [0.15, 0.2) is 0 Å². The molecule has 6 heteroatoms. The molecule has 1 heterocycles. The third-order valence-corrected chi connectivity index (χ3v) is 5.13. The molecule has 6 nitrogen and oxygen atoms in total. The molecule has 0 atom stereocenters. The Hall–Kier alpha value is -4.11. The summed E-state index contributed by atoms with van der Waals surface area (Å²) in [5.74, 6) is -0.403. The van der Waals surface area contributed by atoms with Gasteiger partial charge in [-0.25, -0.2) is 4.79 Å². The van der Waals surface area contributed by atoms with E-state index in [0.29, 0.717) is 41.3 Å². The predicted octanol–water partition coefficient (Wildman–Crippen LogP) is 5.20. The molecule has 32 heavy (non-hydrogen) atoms. The van der Waals surface area contributed by atoms with E-state index in [2.05, 4.69) is 11.1 Å². The summed E-state index contributed by atoms with van der Waals surface area (Å²) in [6, 6.07) is 23.7. The van der Waals surface area contributed by atoms with Crippen molar-refractivity contribution in [2.75, 3.05) is 13.2 Å². The van der Waals surface area contributed by atoms with Crippen LogP contribution in [0.1, 0.15) is 35.3 Å². The van der Waals surface area contributed by atoms with Crippen molar-refractivity contribution in [1.29, 1.82) is 5.26 Å². The van der Waals surface area contributed by atoms with E-state index < -0.39 is 5.97 Å². The Morgan fingerprint density at radius 2 is 1.84 bits per heavy atom. The van der Waals surface area contributed by atoms with E-state index in [1.165, 1.54) is 0 Å². The van der Waals surface area contributed by atoms with Crippen molar-refractivity contribution in [3.05, 3.63) is 83.4 Å². The van der Waals surface area contributed by atoms with Crippen LogP contribution in [0.3, 0.4) is 0 Å². The van der Waals surface area contributed by atoms with E-state index in [-0.39, 0.29) is 6.61 Å². The number of para-hydroxylation sites is 1. The smallest absolute Gasteiger partial charge is 0.340 e. The highest BCUT2D eigenvalue weighted by Crippen LogP contribution is 2.29. The number of fused-ring (bicyclic) bond motifs is 1. The van der Waals surface area contributed by atoms with Crippen LogP contribution in [0.5, 0.6) is 6.01 Å². The number of nitriles is 1. The Morgan fingerprint density at radius 1 is 1.03 bits per heavy atom. The van der Waals surface area contributed by atoms with Gasteiger partial charge in [-0.05, 0) is 48.7 Å². The number of esters is 1. The van der Waals surface area contributed by atoms with Gasteiger partial charge >= 0.3 is 5.97 Å². The van der Waals surface area contributed by atoms with Crippen molar-refractivity contribution < 1.29 is 14.3 Å². The number of benzene rings is 3. The number of ether oxygens (including phenoxy) is 2. The number of rotatable bonds is 7. The van der Waals surface area contributed by atoms with E-state index in [4.69, 9.17) is 9.47 Å². The number of nitrogens with zero attached hydrogens (tertiary/aromatic N) is 3. The van der Waals surface area contributed by atoms with Gasteiger partial charge in [0.25, 0.3) is 6.01 Å². The topological polar surface area (TPSA) is 77.1 Å². The third-order valence-electron chi connectivity index (χ3n) is 5.13. The van der Waals surface area contributed by atoms with Crippen LogP contribution in [0.4, 0.5) is 0 Å². The fourth-order valence-corrected chi connectivity index (χ4v) is 3.76. The van der Waals surface area contributed by atoms with Crippen molar-refractivity contribution >= 4 is 17.0 Å².